The third-order valence-corrected chi connectivity index (χ3v) is 9.93. The van der Waals surface area contributed by atoms with Crippen molar-refractivity contribution in [2.24, 2.45) is 11.1 Å². The van der Waals surface area contributed by atoms with Gasteiger partial charge in [0.1, 0.15) is 5.82 Å². The fourth-order valence-electron chi connectivity index (χ4n) is 5.30. The van der Waals surface area contributed by atoms with Crippen LogP contribution < -0.4 is 16.0 Å². The summed E-state index contributed by atoms with van der Waals surface area (Å²) in [7, 11) is 0. The van der Waals surface area contributed by atoms with E-state index in [0.29, 0.717) is 49.2 Å². The Morgan fingerprint density at radius 1 is 1.19 bits per heavy atom. The Morgan fingerprint density at radius 2 is 1.88 bits per heavy atom. The maximum atomic E-state index is 13.7. The van der Waals surface area contributed by atoms with Gasteiger partial charge in [0.25, 0.3) is 0 Å². The summed E-state index contributed by atoms with van der Waals surface area (Å²) in [5.41, 5.74) is 9.97. The maximum absolute atomic E-state index is 13.7. The summed E-state index contributed by atoms with van der Waals surface area (Å²) in [6.45, 7) is 6.10. The number of nitrogens with one attached hydrogen (secondary N) is 1. The molecule has 0 saturated heterocycles. The second kappa shape index (κ2) is 12.1. The van der Waals surface area contributed by atoms with Gasteiger partial charge < -0.3 is 11.1 Å². The van der Waals surface area contributed by atoms with Crippen LogP contribution in [0.3, 0.4) is 0 Å². The van der Waals surface area contributed by atoms with E-state index in [4.69, 9.17) is 28.9 Å². The highest BCUT2D eigenvalue weighted by Gasteiger charge is 2.46. The van der Waals surface area contributed by atoms with Gasteiger partial charge in [0.05, 0.1) is 23.3 Å². The first kappa shape index (κ1) is 30.1. The summed E-state index contributed by atoms with van der Waals surface area (Å²) in [6.07, 6.45) is 1.73. The highest BCUT2D eigenvalue weighted by molar-refractivity contribution is 8.01. The molecule has 1 aliphatic carbocycles. The van der Waals surface area contributed by atoms with E-state index in [0.717, 1.165) is 12.1 Å². The number of rotatable bonds is 7. The average molecular weight is 640 g/mol. The van der Waals surface area contributed by atoms with Crippen molar-refractivity contribution in [1.82, 2.24) is 10.2 Å². The molecule has 1 unspecified atom stereocenters. The average Bonchev–Trinajstić information content (AvgIpc) is 3.40. The van der Waals surface area contributed by atoms with Crippen molar-refractivity contribution in [3.8, 4) is 6.07 Å². The second-order valence-corrected chi connectivity index (χ2v) is 13.8. The number of anilines is 2. The zero-order chi connectivity index (χ0) is 30.2. The molecule has 216 valence electrons. The van der Waals surface area contributed by atoms with Crippen LogP contribution in [0.4, 0.5) is 10.8 Å². The van der Waals surface area contributed by atoms with Gasteiger partial charge in [-0.2, -0.15) is 5.26 Å². The predicted octanol–water partition coefficient (Wildman–Crippen LogP) is 7.08. The molecule has 12 heteroatoms. The van der Waals surface area contributed by atoms with Crippen LogP contribution in [-0.4, -0.2) is 27.6 Å². The lowest BCUT2D eigenvalue weighted by molar-refractivity contribution is -0.118. The second-order valence-electron chi connectivity index (χ2n) is 10.9. The topological polar surface area (TPSA) is 125 Å². The van der Waals surface area contributed by atoms with Crippen molar-refractivity contribution >= 4 is 68.8 Å². The maximum Gasteiger partial charge on any atom is 0.234 e. The smallest absolute Gasteiger partial charge is 0.234 e. The summed E-state index contributed by atoms with van der Waals surface area (Å²) in [5, 5.41) is 22.9. The fraction of sp³-hybridized carbons (Fsp3) is 0.300. The van der Waals surface area contributed by atoms with E-state index < -0.39 is 5.92 Å². The largest absolute Gasteiger partial charge is 0.384 e. The lowest BCUT2D eigenvalue weighted by Crippen LogP contribution is -2.42. The Hall–Kier alpha value is -3.36. The van der Waals surface area contributed by atoms with E-state index in [2.05, 4.69) is 28.5 Å². The Morgan fingerprint density at radius 3 is 2.52 bits per heavy atom. The molecule has 1 atom stereocenters. The SMILES string of the molecule is CCc1ccc(NC(=O)CSc2nnc(N3C(N)=C(C#N)C(c4c(Cl)cccc4Cl)C4=C3CC(C)(C)CC4=O)s2)cc1. The highest BCUT2D eigenvalue weighted by Crippen LogP contribution is 2.52. The third-order valence-electron chi connectivity index (χ3n) is 7.23. The lowest BCUT2D eigenvalue weighted by atomic mass is 9.68. The number of hydrogen-bond acceptors (Lipinski definition) is 9. The van der Waals surface area contributed by atoms with Crippen LogP contribution in [-0.2, 0) is 16.0 Å². The Bertz CT molecular complexity index is 1650. The predicted molar refractivity (Wildman–Crippen MR) is 169 cm³/mol. The molecule has 0 bridgehead atoms. The summed E-state index contributed by atoms with van der Waals surface area (Å²) >= 11 is 15.7. The van der Waals surface area contributed by atoms with Crippen LogP contribution in [0.1, 0.15) is 50.7 Å². The van der Waals surface area contributed by atoms with Gasteiger partial charge in [0.2, 0.25) is 11.0 Å². The monoisotopic (exact) mass is 638 g/mol. The number of aryl methyl sites for hydroxylation is 1. The van der Waals surface area contributed by atoms with Gasteiger partial charge in [-0.25, -0.2) is 0 Å². The molecule has 0 saturated carbocycles. The van der Waals surface area contributed by atoms with Crippen LogP contribution in [0.15, 0.2) is 69.5 Å². The number of carbonyl (C=O) groups is 2. The number of nitriles is 1. The Balaban J connectivity index is 1.46. The molecule has 5 rings (SSSR count). The summed E-state index contributed by atoms with van der Waals surface area (Å²) in [5.74, 6) is -0.804. The summed E-state index contributed by atoms with van der Waals surface area (Å²) in [6, 6.07) is 15.0. The third kappa shape index (κ3) is 5.92. The van der Waals surface area contributed by atoms with Crippen molar-refractivity contribution in [1.29, 1.82) is 5.26 Å². The molecule has 3 N–H and O–H groups in total. The van der Waals surface area contributed by atoms with E-state index in [1.165, 1.54) is 28.7 Å². The first-order chi connectivity index (χ1) is 20.0. The van der Waals surface area contributed by atoms with Crippen LogP contribution >= 0.6 is 46.3 Å². The number of benzene rings is 2. The van der Waals surface area contributed by atoms with Gasteiger partial charge in [0.15, 0.2) is 10.1 Å². The van der Waals surface area contributed by atoms with Gasteiger partial charge in [-0.1, -0.05) is 85.3 Å². The first-order valence-corrected chi connectivity index (χ1v) is 15.8. The van der Waals surface area contributed by atoms with Crippen LogP contribution in [0, 0.1) is 16.7 Å². The van der Waals surface area contributed by atoms with Gasteiger partial charge in [-0.3, -0.25) is 14.5 Å². The molecule has 8 nitrogen and oxygen atoms in total. The zero-order valence-corrected chi connectivity index (χ0v) is 26.3. The molecular formula is C30H28Cl2N6O2S2. The number of nitrogens with zero attached hydrogens (tertiary/aromatic N) is 4. The molecule has 1 amide bonds. The summed E-state index contributed by atoms with van der Waals surface area (Å²) < 4.78 is 0.549. The molecule has 0 spiro atoms. The van der Waals surface area contributed by atoms with E-state index in [9.17, 15) is 14.9 Å². The molecule has 1 aliphatic heterocycles. The molecular weight excluding hydrogens is 611 g/mol. The van der Waals surface area contributed by atoms with Gasteiger partial charge in [-0.15, -0.1) is 10.2 Å². The lowest BCUT2D eigenvalue weighted by Gasteiger charge is -2.42. The fourth-order valence-corrected chi connectivity index (χ4v) is 7.60. The molecule has 2 aliphatic rings. The quantitative estimate of drug-likeness (QED) is 0.263. The standard InChI is InChI=1S/C30H28Cl2N6O2S2/c1-4-16-8-10-17(11-9-16)35-23(40)15-41-29-37-36-28(42-29)38-21-12-30(2,3)13-22(39)26(21)24(18(14-33)27(38)34)25-19(31)6-5-7-20(25)32/h5-11,24H,4,12-13,15,34H2,1-3H3,(H,35,40). The number of amides is 1. The summed E-state index contributed by atoms with van der Waals surface area (Å²) in [4.78, 5) is 28.0. The van der Waals surface area contributed by atoms with Crippen molar-refractivity contribution < 1.29 is 9.59 Å². The van der Waals surface area contributed by atoms with Crippen LogP contribution in [0.25, 0.3) is 0 Å². The van der Waals surface area contributed by atoms with E-state index in [1.807, 2.05) is 38.1 Å². The zero-order valence-electron chi connectivity index (χ0n) is 23.2. The molecule has 2 heterocycles. The number of thioether (sulfide) groups is 1. The van der Waals surface area contributed by atoms with Gasteiger partial charge in [0, 0.05) is 39.0 Å². The molecule has 2 aromatic carbocycles. The highest BCUT2D eigenvalue weighted by atomic mass is 35.5. The number of halogens is 2. The van der Waals surface area contributed by atoms with Crippen molar-refractivity contribution in [3.05, 3.63) is 86.3 Å². The van der Waals surface area contributed by atoms with Crippen LogP contribution in [0.2, 0.25) is 10.0 Å². The minimum Gasteiger partial charge on any atom is -0.384 e. The molecule has 0 fully saturated rings. The molecule has 1 aromatic heterocycles. The van der Waals surface area contributed by atoms with Gasteiger partial charge >= 0.3 is 0 Å². The number of nitrogens with two attached hydrogens (primary N) is 1. The van der Waals surface area contributed by atoms with Crippen molar-refractivity contribution in [3.63, 3.8) is 0 Å². The van der Waals surface area contributed by atoms with Gasteiger partial charge in [-0.05, 0) is 48.1 Å². The number of ketones is 1. The first-order valence-electron chi connectivity index (χ1n) is 13.3. The van der Waals surface area contributed by atoms with Crippen molar-refractivity contribution in [2.45, 2.75) is 50.3 Å². The number of aromatic nitrogens is 2. The molecule has 3 aromatic rings. The molecule has 42 heavy (non-hydrogen) atoms. The Kier molecular flexibility index (Phi) is 8.67. The number of allylic oxidation sites excluding steroid dienone is 3. The van der Waals surface area contributed by atoms with Crippen molar-refractivity contribution in [2.75, 3.05) is 16.0 Å². The number of carbonyl (C=O) groups excluding carboxylic acids is 2. The van der Waals surface area contributed by atoms with E-state index >= 15 is 0 Å². The Labute approximate surface area is 262 Å². The number of hydrogen-bond donors (Lipinski definition) is 2. The van der Waals surface area contributed by atoms with Crippen LogP contribution in [0.5, 0.6) is 0 Å². The minimum absolute atomic E-state index is 0.102. The minimum atomic E-state index is -0.803. The van der Waals surface area contributed by atoms with E-state index in [-0.39, 0.29) is 34.3 Å². The van der Waals surface area contributed by atoms with E-state index in [1.54, 1.807) is 23.1 Å². The molecule has 0 radical (unpaired) electrons. The number of Topliss-reactive ketones (excluding diaryl/α,β-unsaturated/α-hetero) is 1. The normalized spacial score (nSPS) is 18.1.